The monoisotopic (exact) mass is 488 g/mol. The van der Waals surface area contributed by atoms with Gasteiger partial charge in [0.15, 0.2) is 11.6 Å². The highest BCUT2D eigenvalue weighted by atomic mass is 16.7. The number of likely N-dealkylation sites (tertiary alicyclic amines) is 1. The van der Waals surface area contributed by atoms with Gasteiger partial charge in [0.25, 0.3) is 5.56 Å². The highest BCUT2D eigenvalue weighted by molar-refractivity contribution is 5.88. The molecule has 1 spiro atoms. The smallest absolute Gasteiger partial charge is 0.280 e. The molecule has 0 radical (unpaired) electrons. The van der Waals surface area contributed by atoms with E-state index in [1.807, 2.05) is 66.3 Å². The summed E-state index contributed by atoms with van der Waals surface area (Å²) in [6.07, 6.45) is 4.99. The highest BCUT2D eigenvalue weighted by Crippen LogP contribution is 2.32. The van der Waals surface area contributed by atoms with Crippen LogP contribution in [-0.2, 0) is 14.3 Å². The quantitative estimate of drug-likeness (QED) is 0.438. The van der Waals surface area contributed by atoms with Crippen molar-refractivity contribution in [3.8, 4) is 11.5 Å². The SMILES string of the molecule is Cc1nn(C(C)C(=O)N2CCC3(CC2)OCCO3)c(=O)c2c(-n3cccc3)n(-c3ccccc3)nc12. The summed E-state index contributed by atoms with van der Waals surface area (Å²) in [6.45, 7) is 5.74. The Morgan fingerprint density at radius 2 is 1.67 bits per heavy atom. The largest absolute Gasteiger partial charge is 0.347 e. The number of aryl methyl sites for hydroxylation is 1. The Labute approximate surface area is 207 Å². The molecule has 1 amide bonds. The third-order valence-electron chi connectivity index (χ3n) is 7.11. The van der Waals surface area contributed by atoms with Crippen LogP contribution in [0.2, 0.25) is 0 Å². The number of amides is 1. The van der Waals surface area contributed by atoms with Crippen LogP contribution in [0.5, 0.6) is 0 Å². The van der Waals surface area contributed by atoms with Gasteiger partial charge in [0.1, 0.15) is 16.9 Å². The zero-order valence-corrected chi connectivity index (χ0v) is 20.3. The molecular formula is C26H28N6O4. The minimum Gasteiger partial charge on any atom is -0.347 e. The predicted octanol–water partition coefficient (Wildman–Crippen LogP) is 2.61. The molecule has 1 atom stereocenters. The number of ether oxygens (including phenoxy) is 2. The van der Waals surface area contributed by atoms with Crippen molar-refractivity contribution in [2.75, 3.05) is 26.3 Å². The molecule has 1 unspecified atom stereocenters. The summed E-state index contributed by atoms with van der Waals surface area (Å²) in [5, 5.41) is 9.73. The number of carbonyl (C=O) groups excluding carboxylic acids is 1. The number of carbonyl (C=O) groups is 1. The Morgan fingerprint density at radius 1 is 1.00 bits per heavy atom. The molecule has 10 heteroatoms. The lowest BCUT2D eigenvalue weighted by Crippen LogP contribution is -2.49. The molecule has 2 fully saturated rings. The van der Waals surface area contributed by atoms with Gasteiger partial charge >= 0.3 is 0 Å². The molecule has 0 bridgehead atoms. The summed E-state index contributed by atoms with van der Waals surface area (Å²) in [5.74, 6) is -0.0999. The van der Waals surface area contributed by atoms with Crippen molar-refractivity contribution in [1.82, 2.24) is 29.0 Å². The molecule has 5 heterocycles. The van der Waals surface area contributed by atoms with Crippen LogP contribution in [-0.4, -0.2) is 67.0 Å². The van der Waals surface area contributed by atoms with Gasteiger partial charge in [0.05, 0.1) is 24.6 Å². The van der Waals surface area contributed by atoms with Gasteiger partial charge in [-0.25, -0.2) is 9.36 Å². The first-order valence-electron chi connectivity index (χ1n) is 12.2. The highest BCUT2D eigenvalue weighted by Gasteiger charge is 2.41. The molecule has 36 heavy (non-hydrogen) atoms. The Kier molecular flexibility index (Phi) is 5.50. The summed E-state index contributed by atoms with van der Waals surface area (Å²) < 4.78 is 16.5. The summed E-state index contributed by atoms with van der Waals surface area (Å²) >= 11 is 0. The van der Waals surface area contributed by atoms with E-state index in [4.69, 9.17) is 14.6 Å². The topological polar surface area (TPSA) is 96.4 Å². The molecule has 186 valence electrons. The standard InChI is InChI=1S/C26H28N6O4/c1-18-22-21(23(29-12-6-7-13-29)32(28-22)20-8-4-3-5-9-20)25(34)31(27-18)19(2)24(33)30-14-10-26(11-15-30)35-16-17-36-26/h3-9,12-13,19H,10-11,14-17H2,1-2H3. The van der Waals surface area contributed by atoms with Gasteiger partial charge < -0.3 is 18.9 Å². The number of benzene rings is 1. The first-order valence-corrected chi connectivity index (χ1v) is 12.2. The van der Waals surface area contributed by atoms with E-state index in [1.165, 1.54) is 4.68 Å². The molecule has 4 aromatic rings. The van der Waals surface area contributed by atoms with E-state index in [1.54, 1.807) is 16.5 Å². The van der Waals surface area contributed by atoms with Gasteiger partial charge in [-0.15, -0.1) is 0 Å². The van der Waals surface area contributed by atoms with E-state index in [-0.39, 0.29) is 11.5 Å². The summed E-state index contributed by atoms with van der Waals surface area (Å²) in [7, 11) is 0. The van der Waals surface area contributed by atoms with Crippen LogP contribution in [0.1, 0.15) is 31.5 Å². The van der Waals surface area contributed by atoms with Crippen LogP contribution in [0, 0.1) is 6.92 Å². The van der Waals surface area contributed by atoms with Gasteiger partial charge in [0, 0.05) is 38.3 Å². The molecule has 2 aliphatic rings. The van der Waals surface area contributed by atoms with Gasteiger partial charge in [-0.05, 0) is 38.1 Å². The van der Waals surface area contributed by atoms with Crippen LogP contribution < -0.4 is 5.56 Å². The lowest BCUT2D eigenvalue weighted by atomic mass is 10.0. The normalized spacial score (nSPS) is 18.2. The van der Waals surface area contributed by atoms with Crippen molar-refractivity contribution in [3.05, 3.63) is 70.9 Å². The van der Waals surface area contributed by atoms with E-state index < -0.39 is 11.8 Å². The van der Waals surface area contributed by atoms with E-state index in [2.05, 4.69) is 5.10 Å². The van der Waals surface area contributed by atoms with Crippen LogP contribution in [0.25, 0.3) is 22.4 Å². The number of aromatic nitrogens is 5. The Bertz CT molecular complexity index is 1460. The number of hydrogen-bond donors (Lipinski definition) is 0. The Morgan fingerprint density at radius 3 is 2.33 bits per heavy atom. The second-order valence-corrected chi connectivity index (χ2v) is 9.33. The fourth-order valence-corrected chi connectivity index (χ4v) is 5.18. The first kappa shape index (κ1) is 22.7. The van der Waals surface area contributed by atoms with Gasteiger partial charge in [-0.1, -0.05) is 18.2 Å². The second-order valence-electron chi connectivity index (χ2n) is 9.33. The molecular weight excluding hydrogens is 460 g/mol. The third-order valence-corrected chi connectivity index (χ3v) is 7.11. The van der Waals surface area contributed by atoms with E-state index in [9.17, 15) is 9.59 Å². The average Bonchev–Trinajstić information content (AvgIpc) is 3.67. The molecule has 2 saturated heterocycles. The zero-order valence-electron chi connectivity index (χ0n) is 20.3. The van der Waals surface area contributed by atoms with E-state index in [0.717, 1.165) is 5.69 Å². The van der Waals surface area contributed by atoms with Crippen molar-refractivity contribution < 1.29 is 14.3 Å². The molecule has 1 aromatic carbocycles. The van der Waals surface area contributed by atoms with E-state index in [0.29, 0.717) is 61.6 Å². The van der Waals surface area contributed by atoms with Crippen molar-refractivity contribution in [2.24, 2.45) is 0 Å². The number of para-hydroxylation sites is 1. The fraction of sp³-hybridized carbons (Fsp3) is 0.385. The summed E-state index contributed by atoms with van der Waals surface area (Å²) in [6, 6.07) is 12.7. The van der Waals surface area contributed by atoms with Crippen molar-refractivity contribution in [3.63, 3.8) is 0 Å². The van der Waals surface area contributed by atoms with Gasteiger partial charge in [-0.3, -0.25) is 9.59 Å². The molecule has 0 saturated carbocycles. The molecule has 2 aliphatic heterocycles. The van der Waals surface area contributed by atoms with Crippen molar-refractivity contribution in [2.45, 2.75) is 38.5 Å². The van der Waals surface area contributed by atoms with Crippen molar-refractivity contribution >= 4 is 16.8 Å². The minimum absolute atomic E-state index is 0.144. The average molecular weight is 489 g/mol. The number of piperidine rings is 1. The number of fused-ring (bicyclic) bond motifs is 1. The number of nitrogens with zero attached hydrogens (tertiary/aromatic N) is 6. The van der Waals surface area contributed by atoms with Crippen LogP contribution in [0.15, 0.2) is 59.7 Å². The number of rotatable bonds is 4. The summed E-state index contributed by atoms with van der Waals surface area (Å²) in [5.41, 5.74) is 1.57. The maximum atomic E-state index is 13.9. The van der Waals surface area contributed by atoms with Crippen LogP contribution in [0.4, 0.5) is 0 Å². The Balaban J connectivity index is 1.41. The third kappa shape index (κ3) is 3.64. The van der Waals surface area contributed by atoms with Crippen molar-refractivity contribution in [1.29, 1.82) is 0 Å². The number of hydrogen-bond acceptors (Lipinski definition) is 6. The molecule has 0 aliphatic carbocycles. The lowest BCUT2D eigenvalue weighted by molar-refractivity contribution is -0.188. The summed E-state index contributed by atoms with van der Waals surface area (Å²) in [4.78, 5) is 29.1. The van der Waals surface area contributed by atoms with Gasteiger partial charge in [0.2, 0.25) is 5.91 Å². The maximum Gasteiger partial charge on any atom is 0.280 e. The molecule has 6 rings (SSSR count). The molecule has 10 nitrogen and oxygen atoms in total. The first-order chi connectivity index (χ1) is 17.5. The van der Waals surface area contributed by atoms with E-state index >= 15 is 0 Å². The molecule has 0 N–H and O–H groups in total. The van der Waals surface area contributed by atoms with Crippen LogP contribution >= 0.6 is 0 Å². The van der Waals surface area contributed by atoms with Gasteiger partial charge in [-0.2, -0.15) is 10.2 Å². The lowest BCUT2D eigenvalue weighted by Gasteiger charge is -2.38. The maximum absolute atomic E-state index is 13.9. The minimum atomic E-state index is -0.766. The van der Waals surface area contributed by atoms with Crippen LogP contribution in [0.3, 0.4) is 0 Å². The fourth-order valence-electron chi connectivity index (χ4n) is 5.18. The molecule has 3 aromatic heterocycles. The second kappa shape index (κ2) is 8.72. The Hall–Kier alpha value is -3.76. The predicted molar refractivity (Wildman–Crippen MR) is 132 cm³/mol. The zero-order chi connectivity index (χ0) is 24.9.